The number of alkyl halides is 1. The van der Waals surface area contributed by atoms with Crippen molar-refractivity contribution in [3.63, 3.8) is 0 Å². The van der Waals surface area contributed by atoms with Crippen LogP contribution in [0.4, 0.5) is 0 Å². The number of benzene rings is 4. The van der Waals surface area contributed by atoms with E-state index < -0.39 is 41.8 Å². The summed E-state index contributed by atoms with van der Waals surface area (Å²) in [6.07, 6.45) is 10.9. The second-order valence-corrected chi connectivity index (χ2v) is 15.2. The van der Waals surface area contributed by atoms with Crippen LogP contribution < -0.4 is 20.7 Å². The maximum atomic E-state index is 14.2. The number of nitrogens with one attached hydrogen (secondary N) is 3. The van der Waals surface area contributed by atoms with E-state index >= 15 is 0 Å². The van der Waals surface area contributed by atoms with Gasteiger partial charge in [0.1, 0.15) is 47.7 Å². The van der Waals surface area contributed by atoms with Crippen molar-refractivity contribution in [2.75, 3.05) is 19.1 Å². The van der Waals surface area contributed by atoms with Crippen molar-refractivity contribution in [1.29, 1.82) is 0 Å². The fourth-order valence-electron chi connectivity index (χ4n) is 6.55. The summed E-state index contributed by atoms with van der Waals surface area (Å²) in [6.45, 7) is 2.70. The van der Waals surface area contributed by atoms with Gasteiger partial charge in [0, 0.05) is 24.8 Å². The Hall–Kier alpha value is -5.75. The average Bonchev–Trinajstić information content (AvgIpc) is 3.25. The minimum atomic E-state index is -1.26. The summed E-state index contributed by atoms with van der Waals surface area (Å²) >= 11 is 5.76. The maximum Gasteiger partial charge on any atom is 0.329 e. The number of aromatic hydroxyl groups is 3. The summed E-state index contributed by atoms with van der Waals surface area (Å²) in [5.74, 6) is -1.94. The number of halogens is 1. The molecule has 4 aromatic carbocycles. The number of phenols is 3. The van der Waals surface area contributed by atoms with Gasteiger partial charge in [0.25, 0.3) is 5.91 Å². The lowest BCUT2D eigenvalue weighted by molar-refractivity contribution is -0.147. The molecule has 0 aliphatic carbocycles. The number of amides is 3. The van der Waals surface area contributed by atoms with Gasteiger partial charge in [0.15, 0.2) is 0 Å². The lowest BCUT2D eigenvalue weighted by atomic mass is 10.0. The summed E-state index contributed by atoms with van der Waals surface area (Å²) < 4.78 is 11.2. The predicted octanol–water partition coefficient (Wildman–Crippen LogP) is 7.29. The third-order valence-electron chi connectivity index (χ3n) is 9.94. The van der Waals surface area contributed by atoms with Gasteiger partial charge in [-0.05, 0) is 83.8 Å². The molecule has 0 saturated carbocycles. The van der Waals surface area contributed by atoms with Crippen LogP contribution in [0.5, 0.6) is 23.0 Å². The zero-order valence-corrected chi connectivity index (χ0v) is 35.0. The van der Waals surface area contributed by atoms with E-state index in [4.69, 9.17) is 21.1 Å². The Bertz CT molecular complexity index is 1910. The van der Waals surface area contributed by atoms with Gasteiger partial charge in [-0.1, -0.05) is 94.7 Å². The van der Waals surface area contributed by atoms with E-state index in [1.54, 1.807) is 60.7 Å². The second kappa shape index (κ2) is 25.7. The fraction of sp³-hybridized carbons (Fsp3) is 0.404. The maximum absolute atomic E-state index is 14.2. The van der Waals surface area contributed by atoms with Crippen molar-refractivity contribution < 1.29 is 44.0 Å². The molecule has 0 aliphatic rings. The van der Waals surface area contributed by atoms with E-state index in [1.165, 1.54) is 81.3 Å². The number of rotatable bonds is 26. The molecule has 0 spiro atoms. The highest BCUT2D eigenvalue weighted by Gasteiger charge is 2.31. The Labute approximate surface area is 357 Å². The minimum Gasteiger partial charge on any atom is -0.508 e. The van der Waals surface area contributed by atoms with Crippen molar-refractivity contribution in [2.45, 2.75) is 102 Å². The van der Waals surface area contributed by atoms with Crippen molar-refractivity contribution in [3.05, 3.63) is 119 Å². The molecule has 6 N–H and O–H groups in total. The highest BCUT2D eigenvalue weighted by molar-refractivity contribution is 6.18. The minimum absolute atomic E-state index is 0.00913. The molecule has 13 heteroatoms. The molecule has 0 bridgehead atoms. The topological polar surface area (TPSA) is 184 Å². The van der Waals surface area contributed by atoms with Gasteiger partial charge in [0.2, 0.25) is 11.8 Å². The lowest BCUT2D eigenvalue weighted by Gasteiger charge is -2.25. The number of carbonyl (C=O) groups excluding carboxylic acids is 4. The number of phenolic OH excluding ortho intramolecular Hbond substituents is 3. The molecule has 0 aliphatic heterocycles. The Morgan fingerprint density at radius 1 is 0.533 bits per heavy atom. The standard InChI is InChI=1S/C47H58ClN3O9/c1-2-3-4-5-6-7-8-9-10-28-59-40-25-17-36(18-26-40)44(55)49-41(30-33-11-19-37(52)20-12-33)45(56)50-42(31-34-13-21-38(53)22-14-34)46(57)51-43(47(58)60-29-27-48)32-35-15-23-39(54)24-16-35/h11-26,41-43,52-54H,2-10,27-32H2,1H3,(H,49,55)(H,50,56)(H,51,57)/t41-,42-,43-/m0/s1. The average molecular weight is 844 g/mol. The van der Waals surface area contributed by atoms with E-state index in [-0.39, 0.29) is 49.0 Å². The Kier molecular flexibility index (Phi) is 20.1. The van der Waals surface area contributed by atoms with Gasteiger partial charge < -0.3 is 40.7 Å². The first-order chi connectivity index (χ1) is 29.0. The second-order valence-electron chi connectivity index (χ2n) is 14.8. The normalized spacial score (nSPS) is 12.4. The number of ether oxygens (including phenoxy) is 2. The summed E-state index contributed by atoms with van der Waals surface area (Å²) in [6, 6.07) is 21.5. The van der Waals surface area contributed by atoms with Crippen LogP contribution in [0.1, 0.15) is 91.8 Å². The third kappa shape index (κ3) is 16.8. The largest absolute Gasteiger partial charge is 0.508 e. The molecule has 322 valence electrons. The van der Waals surface area contributed by atoms with E-state index in [1.807, 2.05) is 0 Å². The van der Waals surface area contributed by atoms with E-state index in [0.717, 1.165) is 12.8 Å². The van der Waals surface area contributed by atoms with Crippen molar-refractivity contribution in [1.82, 2.24) is 16.0 Å². The molecule has 0 aromatic heterocycles. The quantitative estimate of drug-likeness (QED) is 0.0215. The zero-order valence-electron chi connectivity index (χ0n) is 34.2. The Morgan fingerprint density at radius 3 is 1.42 bits per heavy atom. The number of hydrogen-bond acceptors (Lipinski definition) is 9. The highest BCUT2D eigenvalue weighted by atomic mass is 35.5. The first kappa shape index (κ1) is 46.9. The van der Waals surface area contributed by atoms with Crippen molar-refractivity contribution >= 4 is 35.3 Å². The number of hydrogen-bond donors (Lipinski definition) is 6. The fourth-order valence-corrected chi connectivity index (χ4v) is 6.62. The molecule has 60 heavy (non-hydrogen) atoms. The van der Waals surface area contributed by atoms with Crippen LogP contribution in [0.15, 0.2) is 97.1 Å². The van der Waals surface area contributed by atoms with Gasteiger partial charge in [0.05, 0.1) is 12.5 Å². The molecule has 3 amide bonds. The summed E-state index contributed by atoms with van der Waals surface area (Å²) in [4.78, 5) is 55.1. The van der Waals surface area contributed by atoms with Gasteiger partial charge in [-0.15, -0.1) is 11.6 Å². The summed E-state index contributed by atoms with van der Waals surface area (Å²) in [5.41, 5.74) is 2.13. The molecule has 0 unspecified atom stereocenters. The van der Waals surface area contributed by atoms with Crippen molar-refractivity contribution in [3.8, 4) is 23.0 Å². The third-order valence-corrected chi connectivity index (χ3v) is 10.1. The van der Waals surface area contributed by atoms with Crippen molar-refractivity contribution in [2.24, 2.45) is 0 Å². The zero-order chi connectivity index (χ0) is 43.1. The molecule has 3 atom stereocenters. The van der Waals surface area contributed by atoms with Crippen LogP contribution in [-0.2, 0) is 38.4 Å². The molecular weight excluding hydrogens is 786 g/mol. The molecule has 4 aromatic rings. The van der Waals surface area contributed by atoms with E-state index in [0.29, 0.717) is 34.6 Å². The van der Waals surface area contributed by atoms with Crippen LogP contribution in [0, 0.1) is 0 Å². The highest BCUT2D eigenvalue weighted by Crippen LogP contribution is 2.18. The van der Waals surface area contributed by atoms with E-state index in [9.17, 15) is 34.5 Å². The van der Waals surface area contributed by atoms with Crippen LogP contribution in [0.3, 0.4) is 0 Å². The van der Waals surface area contributed by atoms with Crippen LogP contribution in [-0.4, -0.2) is 76.2 Å². The number of esters is 1. The molecule has 0 heterocycles. The summed E-state index contributed by atoms with van der Waals surface area (Å²) in [5, 5.41) is 37.8. The van der Waals surface area contributed by atoms with Gasteiger partial charge in [-0.2, -0.15) is 0 Å². The number of carbonyl (C=O) groups is 4. The number of unbranched alkanes of at least 4 members (excludes halogenated alkanes) is 8. The van der Waals surface area contributed by atoms with Gasteiger partial charge in [-0.25, -0.2) is 4.79 Å². The first-order valence-corrected chi connectivity index (χ1v) is 21.3. The molecule has 0 radical (unpaired) electrons. The van der Waals surface area contributed by atoms with Crippen LogP contribution in [0.2, 0.25) is 0 Å². The smallest absolute Gasteiger partial charge is 0.329 e. The molecule has 0 fully saturated rings. The lowest BCUT2D eigenvalue weighted by Crippen LogP contribution is -2.57. The Morgan fingerprint density at radius 2 is 0.950 bits per heavy atom. The molecular formula is C47H58ClN3O9. The predicted molar refractivity (Wildman–Crippen MR) is 231 cm³/mol. The SMILES string of the molecule is CCCCCCCCCCCOc1ccc(C(=O)N[C@@H](Cc2ccc(O)cc2)C(=O)N[C@@H](Cc2ccc(O)cc2)C(=O)N[C@@H](Cc2ccc(O)cc2)C(=O)OCCCl)cc1. The first-order valence-electron chi connectivity index (χ1n) is 20.8. The molecule has 12 nitrogen and oxygen atoms in total. The van der Waals surface area contributed by atoms with Gasteiger partial charge >= 0.3 is 5.97 Å². The summed E-state index contributed by atoms with van der Waals surface area (Å²) in [7, 11) is 0. The monoisotopic (exact) mass is 843 g/mol. The Balaban J connectivity index is 1.47. The van der Waals surface area contributed by atoms with Crippen LogP contribution >= 0.6 is 11.6 Å². The molecule has 0 saturated heterocycles. The van der Waals surface area contributed by atoms with Gasteiger partial charge in [-0.3, -0.25) is 14.4 Å². The van der Waals surface area contributed by atoms with Crippen LogP contribution in [0.25, 0.3) is 0 Å². The molecule has 4 rings (SSSR count). The van der Waals surface area contributed by atoms with E-state index in [2.05, 4.69) is 22.9 Å².